The van der Waals surface area contributed by atoms with Crippen molar-refractivity contribution < 1.29 is 14.3 Å². The number of methoxy groups -OCH3 is 1. The molecule has 4 heteroatoms. The number of hydrogen-bond donors (Lipinski definition) is 0. The Morgan fingerprint density at radius 3 is 3.07 bits per heavy atom. The Morgan fingerprint density at radius 2 is 2.40 bits per heavy atom. The Kier molecular flexibility index (Phi) is 3.59. The summed E-state index contributed by atoms with van der Waals surface area (Å²) < 4.78 is 10.3. The highest BCUT2D eigenvalue weighted by Crippen LogP contribution is 2.20. The van der Waals surface area contributed by atoms with Gasteiger partial charge in [0.15, 0.2) is 0 Å². The first-order chi connectivity index (χ1) is 7.29. The van der Waals surface area contributed by atoms with Gasteiger partial charge in [0.25, 0.3) is 0 Å². The second-order valence-corrected chi connectivity index (χ2v) is 4.40. The molecular weight excluding hydrogens is 194 g/mol. The van der Waals surface area contributed by atoms with E-state index in [0.717, 1.165) is 32.7 Å². The van der Waals surface area contributed by atoms with E-state index in [1.54, 1.807) is 0 Å². The predicted octanol–water partition coefficient (Wildman–Crippen LogP) is 0.660. The van der Waals surface area contributed by atoms with E-state index in [0.29, 0.717) is 6.10 Å². The normalized spacial score (nSPS) is 32.1. The zero-order valence-corrected chi connectivity index (χ0v) is 9.28. The third-order valence-electron chi connectivity index (χ3n) is 3.29. The van der Waals surface area contributed by atoms with E-state index in [1.807, 2.05) is 0 Å². The first-order valence-electron chi connectivity index (χ1n) is 5.71. The molecule has 0 aromatic heterocycles. The van der Waals surface area contributed by atoms with Crippen molar-refractivity contribution in [2.75, 3.05) is 33.4 Å². The SMILES string of the molecule is COC(=O)C1CCN(CC2CCCO2)C1. The highest BCUT2D eigenvalue weighted by Gasteiger charge is 2.30. The molecule has 2 atom stereocenters. The van der Waals surface area contributed by atoms with Gasteiger partial charge in [-0.1, -0.05) is 0 Å². The molecule has 2 saturated heterocycles. The average Bonchev–Trinajstić information content (AvgIpc) is 2.88. The van der Waals surface area contributed by atoms with Gasteiger partial charge < -0.3 is 9.47 Å². The highest BCUT2D eigenvalue weighted by atomic mass is 16.5. The molecule has 0 aromatic carbocycles. The number of nitrogens with zero attached hydrogens (tertiary/aromatic N) is 1. The lowest BCUT2D eigenvalue weighted by Crippen LogP contribution is -2.31. The Morgan fingerprint density at radius 1 is 1.53 bits per heavy atom. The first kappa shape index (κ1) is 10.9. The fourth-order valence-corrected chi connectivity index (χ4v) is 2.43. The van der Waals surface area contributed by atoms with Gasteiger partial charge in [0.1, 0.15) is 0 Å². The topological polar surface area (TPSA) is 38.8 Å². The number of hydrogen-bond acceptors (Lipinski definition) is 4. The Bertz CT molecular complexity index is 226. The lowest BCUT2D eigenvalue weighted by molar-refractivity contribution is -0.145. The molecule has 0 spiro atoms. The van der Waals surface area contributed by atoms with Gasteiger partial charge in [0.05, 0.1) is 19.1 Å². The van der Waals surface area contributed by atoms with Gasteiger partial charge in [-0.25, -0.2) is 0 Å². The van der Waals surface area contributed by atoms with E-state index in [9.17, 15) is 4.79 Å². The molecule has 2 heterocycles. The summed E-state index contributed by atoms with van der Waals surface area (Å²) in [5.74, 6) is 0.0150. The van der Waals surface area contributed by atoms with Gasteiger partial charge in [-0.05, 0) is 25.8 Å². The summed E-state index contributed by atoms with van der Waals surface area (Å²) in [6.45, 7) is 3.72. The fourth-order valence-electron chi connectivity index (χ4n) is 2.43. The average molecular weight is 213 g/mol. The second kappa shape index (κ2) is 4.94. The van der Waals surface area contributed by atoms with Crippen LogP contribution in [0.3, 0.4) is 0 Å². The van der Waals surface area contributed by atoms with E-state index in [4.69, 9.17) is 9.47 Å². The highest BCUT2D eigenvalue weighted by molar-refractivity contribution is 5.72. The largest absolute Gasteiger partial charge is 0.469 e. The Labute approximate surface area is 90.5 Å². The van der Waals surface area contributed by atoms with E-state index in [-0.39, 0.29) is 11.9 Å². The minimum atomic E-state index is -0.0650. The summed E-state index contributed by atoms with van der Waals surface area (Å²) in [6.07, 6.45) is 3.67. The van der Waals surface area contributed by atoms with Crippen molar-refractivity contribution in [3.05, 3.63) is 0 Å². The van der Waals surface area contributed by atoms with Crippen LogP contribution in [0.15, 0.2) is 0 Å². The van der Waals surface area contributed by atoms with Gasteiger partial charge in [-0.15, -0.1) is 0 Å². The van der Waals surface area contributed by atoms with Crippen LogP contribution in [0.4, 0.5) is 0 Å². The van der Waals surface area contributed by atoms with Crippen LogP contribution in [-0.4, -0.2) is 50.3 Å². The molecule has 4 nitrogen and oxygen atoms in total. The molecule has 0 bridgehead atoms. The van der Waals surface area contributed by atoms with E-state index in [2.05, 4.69) is 4.90 Å². The Balaban J connectivity index is 1.74. The molecule has 0 aromatic rings. The molecule has 2 fully saturated rings. The molecule has 86 valence electrons. The molecular formula is C11H19NO3. The number of carbonyl (C=O) groups excluding carboxylic acids is 1. The standard InChI is InChI=1S/C11H19NO3/c1-14-11(13)9-4-5-12(7-9)8-10-3-2-6-15-10/h9-10H,2-8H2,1H3. The zero-order valence-electron chi connectivity index (χ0n) is 9.28. The number of carbonyl (C=O) groups is 1. The minimum absolute atomic E-state index is 0.0650. The lowest BCUT2D eigenvalue weighted by atomic mass is 10.1. The predicted molar refractivity (Wildman–Crippen MR) is 55.5 cm³/mol. The lowest BCUT2D eigenvalue weighted by Gasteiger charge is -2.19. The molecule has 2 unspecified atom stereocenters. The van der Waals surface area contributed by atoms with E-state index in [1.165, 1.54) is 20.0 Å². The third kappa shape index (κ3) is 2.69. The fraction of sp³-hybridized carbons (Fsp3) is 0.909. The van der Waals surface area contributed by atoms with Crippen molar-refractivity contribution in [3.8, 4) is 0 Å². The summed E-state index contributed by atoms with van der Waals surface area (Å²) in [5, 5.41) is 0. The van der Waals surface area contributed by atoms with Crippen LogP contribution in [0.1, 0.15) is 19.3 Å². The number of esters is 1. The third-order valence-corrected chi connectivity index (χ3v) is 3.29. The molecule has 0 N–H and O–H groups in total. The smallest absolute Gasteiger partial charge is 0.310 e. The van der Waals surface area contributed by atoms with E-state index >= 15 is 0 Å². The van der Waals surface area contributed by atoms with Crippen molar-refractivity contribution in [1.82, 2.24) is 4.90 Å². The van der Waals surface area contributed by atoms with Crippen LogP contribution in [-0.2, 0) is 14.3 Å². The van der Waals surface area contributed by atoms with Crippen molar-refractivity contribution in [3.63, 3.8) is 0 Å². The molecule has 2 rings (SSSR count). The zero-order chi connectivity index (χ0) is 10.7. The van der Waals surface area contributed by atoms with Crippen LogP contribution in [0.5, 0.6) is 0 Å². The van der Waals surface area contributed by atoms with Crippen molar-refractivity contribution in [2.24, 2.45) is 5.92 Å². The van der Waals surface area contributed by atoms with Crippen molar-refractivity contribution >= 4 is 5.97 Å². The maximum Gasteiger partial charge on any atom is 0.310 e. The summed E-state index contributed by atoms with van der Waals surface area (Å²) in [4.78, 5) is 13.6. The van der Waals surface area contributed by atoms with Crippen LogP contribution >= 0.6 is 0 Å². The van der Waals surface area contributed by atoms with Gasteiger partial charge in [-0.3, -0.25) is 9.69 Å². The second-order valence-electron chi connectivity index (χ2n) is 4.40. The van der Waals surface area contributed by atoms with Gasteiger partial charge in [0.2, 0.25) is 0 Å². The number of rotatable bonds is 3. The van der Waals surface area contributed by atoms with Crippen molar-refractivity contribution in [2.45, 2.75) is 25.4 Å². The summed E-state index contributed by atoms with van der Waals surface area (Å²) in [5.41, 5.74) is 0. The quantitative estimate of drug-likeness (QED) is 0.646. The van der Waals surface area contributed by atoms with Gasteiger partial charge >= 0.3 is 5.97 Å². The molecule has 0 amide bonds. The first-order valence-corrected chi connectivity index (χ1v) is 5.71. The Hall–Kier alpha value is -0.610. The molecule has 0 radical (unpaired) electrons. The number of likely N-dealkylation sites (tertiary alicyclic amines) is 1. The molecule has 15 heavy (non-hydrogen) atoms. The van der Waals surface area contributed by atoms with Crippen LogP contribution < -0.4 is 0 Å². The maximum absolute atomic E-state index is 11.3. The van der Waals surface area contributed by atoms with Gasteiger partial charge in [-0.2, -0.15) is 0 Å². The molecule has 0 aliphatic carbocycles. The van der Waals surface area contributed by atoms with Crippen molar-refractivity contribution in [1.29, 1.82) is 0 Å². The van der Waals surface area contributed by atoms with Crippen LogP contribution in [0.2, 0.25) is 0 Å². The minimum Gasteiger partial charge on any atom is -0.469 e. The van der Waals surface area contributed by atoms with Crippen LogP contribution in [0, 0.1) is 5.92 Å². The monoisotopic (exact) mass is 213 g/mol. The summed E-state index contributed by atoms with van der Waals surface area (Å²) in [6, 6.07) is 0. The van der Waals surface area contributed by atoms with E-state index < -0.39 is 0 Å². The van der Waals surface area contributed by atoms with Crippen LogP contribution in [0.25, 0.3) is 0 Å². The summed E-state index contributed by atoms with van der Waals surface area (Å²) >= 11 is 0. The maximum atomic E-state index is 11.3. The molecule has 0 saturated carbocycles. The molecule has 2 aliphatic rings. The van der Waals surface area contributed by atoms with Gasteiger partial charge in [0, 0.05) is 19.7 Å². The summed E-state index contributed by atoms with van der Waals surface area (Å²) in [7, 11) is 1.46. The number of ether oxygens (including phenoxy) is 2. The molecule has 2 aliphatic heterocycles.